The summed E-state index contributed by atoms with van der Waals surface area (Å²) < 4.78 is 59.6. The number of aromatic carboxylic acids is 1. The van der Waals surface area contributed by atoms with Crippen molar-refractivity contribution in [1.82, 2.24) is 4.72 Å². The number of benzene rings is 2. The van der Waals surface area contributed by atoms with E-state index in [0.717, 1.165) is 18.9 Å². The van der Waals surface area contributed by atoms with Crippen LogP contribution in [0.2, 0.25) is 0 Å². The third-order valence-electron chi connectivity index (χ3n) is 4.03. The molecule has 1 aliphatic rings. The normalized spacial score (nSPS) is 14.5. The van der Waals surface area contributed by atoms with E-state index < -0.39 is 26.0 Å². The smallest absolute Gasteiger partial charge is 0.337 e. The second kappa shape index (κ2) is 7.41. The van der Waals surface area contributed by atoms with Gasteiger partial charge < -0.3 is 9.84 Å². The molecule has 0 amide bonds. The number of sulfonamides is 2. The molecule has 2 aromatic carbocycles. The van der Waals surface area contributed by atoms with Gasteiger partial charge in [-0.1, -0.05) is 6.07 Å². The van der Waals surface area contributed by atoms with Crippen molar-refractivity contribution in [2.24, 2.45) is 0 Å². The van der Waals surface area contributed by atoms with Crippen LogP contribution in [-0.2, 0) is 20.0 Å². The van der Waals surface area contributed by atoms with Crippen LogP contribution in [0.5, 0.6) is 5.75 Å². The summed E-state index contributed by atoms with van der Waals surface area (Å²) in [7, 11) is -6.71. The first-order valence-corrected chi connectivity index (χ1v) is 11.2. The lowest BCUT2D eigenvalue weighted by molar-refractivity contribution is 0.0697. The van der Waals surface area contributed by atoms with Crippen molar-refractivity contribution in [3.63, 3.8) is 0 Å². The molecular weight excluding hydrogens is 408 g/mol. The fraction of sp³-hybridized carbons (Fsp3) is 0.235. The number of anilines is 1. The Labute approximate surface area is 162 Å². The zero-order chi connectivity index (χ0) is 20.5. The molecule has 1 fully saturated rings. The molecule has 3 rings (SSSR count). The maximum Gasteiger partial charge on any atom is 0.337 e. The lowest BCUT2D eigenvalue weighted by atomic mass is 10.2. The molecule has 0 bridgehead atoms. The van der Waals surface area contributed by atoms with Gasteiger partial charge in [0.05, 0.1) is 28.2 Å². The maximum atomic E-state index is 12.7. The van der Waals surface area contributed by atoms with Crippen LogP contribution in [0, 0.1) is 0 Å². The molecule has 0 saturated heterocycles. The van der Waals surface area contributed by atoms with Gasteiger partial charge in [0.25, 0.3) is 10.0 Å². The van der Waals surface area contributed by atoms with E-state index in [2.05, 4.69) is 9.44 Å². The third-order valence-corrected chi connectivity index (χ3v) is 6.91. The van der Waals surface area contributed by atoms with E-state index in [4.69, 9.17) is 4.74 Å². The van der Waals surface area contributed by atoms with Crippen LogP contribution >= 0.6 is 0 Å². The van der Waals surface area contributed by atoms with Crippen LogP contribution in [0.15, 0.2) is 52.3 Å². The van der Waals surface area contributed by atoms with Gasteiger partial charge in [-0.3, -0.25) is 4.72 Å². The summed E-state index contributed by atoms with van der Waals surface area (Å²) in [6, 6.07) is 8.57. The van der Waals surface area contributed by atoms with Crippen LogP contribution in [0.1, 0.15) is 23.2 Å². The number of carboxylic acid groups (broad SMARTS) is 1. The van der Waals surface area contributed by atoms with Crippen molar-refractivity contribution in [3.8, 4) is 5.75 Å². The van der Waals surface area contributed by atoms with Gasteiger partial charge in [0.15, 0.2) is 0 Å². The molecule has 0 heterocycles. The van der Waals surface area contributed by atoms with Crippen LogP contribution < -0.4 is 14.2 Å². The number of methoxy groups -OCH3 is 1. The molecule has 0 unspecified atom stereocenters. The zero-order valence-electron chi connectivity index (χ0n) is 14.7. The average molecular weight is 426 g/mol. The fourth-order valence-electron chi connectivity index (χ4n) is 2.42. The molecule has 1 saturated carbocycles. The Bertz CT molecular complexity index is 1120. The first-order valence-electron chi connectivity index (χ1n) is 8.19. The summed E-state index contributed by atoms with van der Waals surface area (Å²) in [6.07, 6.45) is 1.49. The topological polar surface area (TPSA) is 139 Å². The van der Waals surface area contributed by atoms with Crippen molar-refractivity contribution in [1.29, 1.82) is 0 Å². The standard InChI is InChI=1S/C17H18N2O7S2/c1-26-12-7-8-16(15(9-12)17(20)21)19-28(24,25)14-4-2-3-13(10-14)27(22,23)18-11-5-6-11/h2-4,7-11,18-19H,5-6H2,1H3,(H,20,21). The predicted octanol–water partition coefficient (Wildman–Crippen LogP) is 1.63. The summed E-state index contributed by atoms with van der Waals surface area (Å²) in [5.41, 5.74) is -0.472. The first-order chi connectivity index (χ1) is 13.1. The second-order valence-corrected chi connectivity index (χ2v) is 9.59. The van der Waals surface area contributed by atoms with E-state index in [9.17, 15) is 26.7 Å². The number of hydrogen-bond donors (Lipinski definition) is 3. The number of nitrogens with one attached hydrogen (secondary N) is 2. The fourth-order valence-corrected chi connectivity index (χ4v) is 4.97. The SMILES string of the molecule is COc1ccc(NS(=O)(=O)c2cccc(S(=O)(=O)NC3CC3)c2)c(C(=O)O)c1. The van der Waals surface area contributed by atoms with Crippen molar-refractivity contribution >= 4 is 31.7 Å². The van der Waals surface area contributed by atoms with Crippen LogP contribution in [0.25, 0.3) is 0 Å². The molecule has 0 spiro atoms. The molecule has 0 radical (unpaired) electrons. The van der Waals surface area contributed by atoms with Crippen molar-refractivity contribution < 1.29 is 31.5 Å². The lowest BCUT2D eigenvalue weighted by Crippen LogP contribution is -2.26. The number of carboxylic acids is 1. The Balaban J connectivity index is 1.94. The summed E-state index contributed by atoms with van der Waals surface area (Å²) in [4.78, 5) is 10.9. The van der Waals surface area contributed by atoms with Gasteiger partial charge in [-0.2, -0.15) is 0 Å². The monoisotopic (exact) mass is 426 g/mol. The Hall–Kier alpha value is -2.63. The highest BCUT2D eigenvalue weighted by molar-refractivity contribution is 7.93. The number of rotatable bonds is 8. The van der Waals surface area contributed by atoms with Gasteiger partial charge >= 0.3 is 5.97 Å². The minimum atomic E-state index is -4.23. The Morgan fingerprint density at radius 3 is 2.25 bits per heavy atom. The van der Waals surface area contributed by atoms with Crippen LogP contribution in [-0.4, -0.2) is 41.1 Å². The van der Waals surface area contributed by atoms with Gasteiger partial charge in [-0.15, -0.1) is 0 Å². The molecule has 0 atom stereocenters. The Morgan fingerprint density at radius 2 is 1.68 bits per heavy atom. The molecule has 28 heavy (non-hydrogen) atoms. The minimum Gasteiger partial charge on any atom is -0.497 e. The number of carbonyl (C=O) groups is 1. The van der Waals surface area contributed by atoms with E-state index in [1.54, 1.807) is 0 Å². The summed E-state index contributed by atoms with van der Waals surface area (Å²) in [5.74, 6) is -1.10. The van der Waals surface area contributed by atoms with Crippen LogP contribution in [0.4, 0.5) is 5.69 Å². The van der Waals surface area contributed by atoms with Gasteiger partial charge in [-0.05, 0) is 49.2 Å². The Morgan fingerprint density at radius 1 is 1.04 bits per heavy atom. The van der Waals surface area contributed by atoms with E-state index in [1.807, 2.05) is 0 Å². The van der Waals surface area contributed by atoms with E-state index >= 15 is 0 Å². The van der Waals surface area contributed by atoms with Gasteiger partial charge in [0.2, 0.25) is 10.0 Å². The highest BCUT2D eigenvalue weighted by atomic mass is 32.2. The van der Waals surface area contributed by atoms with E-state index in [1.165, 1.54) is 43.5 Å². The highest BCUT2D eigenvalue weighted by Crippen LogP contribution is 2.26. The molecule has 150 valence electrons. The molecule has 1 aliphatic carbocycles. The van der Waals surface area contributed by atoms with Gasteiger partial charge in [0, 0.05) is 6.04 Å². The van der Waals surface area contributed by atoms with Gasteiger partial charge in [0.1, 0.15) is 5.75 Å². The molecule has 2 aromatic rings. The van der Waals surface area contributed by atoms with Crippen molar-refractivity contribution in [2.45, 2.75) is 28.7 Å². The quantitative estimate of drug-likeness (QED) is 0.583. The zero-order valence-corrected chi connectivity index (χ0v) is 16.4. The molecule has 9 nitrogen and oxygen atoms in total. The van der Waals surface area contributed by atoms with Crippen molar-refractivity contribution in [2.75, 3.05) is 11.8 Å². The highest BCUT2D eigenvalue weighted by Gasteiger charge is 2.29. The molecule has 0 aromatic heterocycles. The lowest BCUT2D eigenvalue weighted by Gasteiger charge is -2.13. The molecule has 0 aliphatic heterocycles. The Kier molecular flexibility index (Phi) is 5.33. The third kappa shape index (κ3) is 4.43. The summed E-state index contributed by atoms with van der Waals surface area (Å²) in [5, 5.41) is 9.32. The minimum absolute atomic E-state index is 0.124. The largest absolute Gasteiger partial charge is 0.497 e. The molecule has 11 heteroatoms. The van der Waals surface area contributed by atoms with Gasteiger partial charge in [-0.25, -0.2) is 26.4 Å². The van der Waals surface area contributed by atoms with E-state index in [0.29, 0.717) is 0 Å². The summed E-state index contributed by atoms with van der Waals surface area (Å²) >= 11 is 0. The summed E-state index contributed by atoms with van der Waals surface area (Å²) in [6.45, 7) is 0. The van der Waals surface area contributed by atoms with Crippen LogP contribution in [0.3, 0.4) is 0 Å². The predicted molar refractivity (Wildman–Crippen MR) is 101 cm³/mol. The average Bonchev–Trinajstić information content (AvgIpc) is 3.45. The number of ether oxygens (including phenoxy) is 1. The van der Waals surface area contributed by atoms with Crippen molar-refractivity contribution in [3.05, 3.63) is 48.0 Å². The second-order valence-electron chi connectivity index (χ2n) is 6.19. The van der Waals surface area contributed by atoms with E-state index in [-0.39, 0.29) is 32.8 Å². The first kappa shape index (κ1) is 20.1. The molecular formula is C17H18N2O7S2. The maximum absolute atomic E-state index is 12.7. The molecule has 3 N–H and O–H groups in total. The number of hydrogen-bond acceptors (Lipinski definition) is 6.